The van der Waals surface area contributed by atoms with Gasteiger partial charge in [-0.05, 0) is 50.2 Å². The Morgan fingerprint density at radius 3 is 2.92 bits per heavy atom. The third kappa shape index (κ3) is 3.07. The zero-order valence-electron chi connectivity index (χ0n) is 14.0. The fourth-order valence-electron chi connectivity index (χ4n) is 3.72. The van der Waals surface area contributed by atoms with E-state index in [9.17, 15) is 4.79 Å². The average Bonchev–Trinajstić information content (AvgIpc) is 3.11. The predicted octanol–water partition coefficient (Wildman–Crippen LogP) is 3.87. The molecule has 2 fully saturated rings. The van der Waals surface area contributed by atoms with Crippen molar-refractivity contribution in [3.63, 3.8) is 0 Å². The number of piperidine rings is 1. The summed E-state index contributed by atoms with van der Waals surface area (Å²) < 4.78 is 2.13. The molecule has 1 aliphatic carbocycles. The molecule has 2 aliphatic rings. The van der Waals surface area contributed by atoms with Gasteiger partial charge >= 0.3 is 6.03 Å². The number of hydrogen-bond acceptors (Lipinski definition) is 3. The van der Waals surface area contributed by atoms with Crippen LogP contribution in [0.1, 0.15) is 54.9 Å². The summed E-state index contributed by atoms with van der Waals surface area (Å²) in [5.74, 6) is 0.554. The quantitative estimate of drug-likeness (QED) is 0.915. The predicted molar refractivity (Wildman–Crippen MR) is 94.8 cm³/mol. The van der Waals surface area contributed by atoms with E-state index in [1.165, 1.54) is 25.0 Å². The number of amides is 2. The second-order valence-electron chi connectivity index (χ2n) is 6.88. The van der Waals surface area contributed by atoms with Crippen LogP contribution in [0.25, 0.3) is 0 Å². The minimum absolute atomic E-state index is 0.0630. The highest BCUT2D eigenvalue weighted by molar-refractivity contribution is 7.09. The summed E-state index contributed by atoms with van der Waals surface area (Å²) in [6, 6.07) is 4.51. The van der Waals surface area contributed by atoms with Crippen LogP contribution in [-0.4, -0.2) is 27.0 Å². The second kappa shape index (κ2) is 6.59. The SMILES string of the molecule is Cn1cccc1[C@@H]1CCCCN1C(=O)N[C@H](c1nccs1)C1CC1. The van der Waals surface area contributed by atoms with Crippen LogP contribution in [0.2, 0.25) is 0 Å². The van der Waals surface area contributed by atoms with Gasteiger partial charge in [0.2, 0.25) is 0 Å². The van der Waals surface area contributed by atoms with E-state index < -0.39 is 0 Å². The minimum atomic E-state index is 0.0630. The number of aromatic nitrogens is 2. The maximum absolute atomic E-state index is 13.0. The third-order valence-electron chi connectivity index (χ3n) is 5.18. The maximum atomic E-state index is 13.0. The zero-order chi connectivity index (χ0) is 16.5. The standard InChI is InChI=1S/C18H24N4OS/c1-21-10-4-6-14(21)15-5-2-3-11-22(15)18(23)20-16(13-7-8-13)17-19-9-12-24-17/h4,6,9-10,12-13,15-16H,2-3,5,7-8,11H2,1H3,(H,20,23)/t15-,16-/m0/s1. The summed E-state index contributed by atoms with van der Waals surface area (Å²) in [6.45, 7) is 0.830. The van der Waals surface area contributed by atoms with Crippen LogP contribution in [0.5, 0.6) is 0 Å². The van der Waals surface area contributed by atoms with Gasteiger partial charge in [0.15, 0.2) is 0 Å². The Bertz CT molecular complexity index is 692. The first-order valence-electron chi connectivity index (χ1n) is 8.82. The maximum Gasteiger partial charge on any atom is 0.318 e. The van der Waals surface area contributed by atoms with Crippen molar-refractivity contribution in [1.29, 1.82) is 0 Å². The topological polar surface area (TPSA) is 50.2 Å². The second-order valence-corrected chi connectivity index (χ2v) is 7.81. The van der Waals surface area contributed by atoms with Gasteiger partial charge in [-0.15, -0.1) is 11.3 Å². The lowest BCUT2D eigenvalue weighted by Gasteiger charge is -2.37. The van der Waals surface area contributed by atoms with Gasteiger partial charge in [0.25, 0.3) is 0 Å². The average molecular weight is 344 g/mol. The molecule has 4 rings (SSSR count). The van der Waals surface area contributed by atoms with Crippen molar-refractivity contribution in [2.24, 2.45) is 13.0 Å². The number of nitrogens with zero attached hydrogens (tertiary/aromatic N) is 3. The summed E-state index contributed by atoms with van der Waals surface area (Å²) in [4.78, 5) is 19.5. The van der Waals surface area contributed by atoms with Crippen molar-refractivity contribution in [2.75, 3.05) is 6.54 Å². The Labute approximate surface area is 146 Å². The molecule has 1 saturated carbocycles. The van der Waals surface area contributed by atoms with E-state index >= 15 is 0 Å². The van der Waals surface area contributed by atoms with Crippen LogP contribution >= 0.6 is 11.3 Å². The molecule has 2 atom stereocenters. The molecule has 2 aromatic rings. The molecule has 2 aromatic heterocycles. The van der Waals surface area contributed by atoms with Crippen LogP contribution in [-0.2, 0) is 7.05 Å². The molecular formula is C18H24N4OS. The number of hydrogen-bond donors (Lipinski definition) is 1. The van der Waals surface area contributed by atoms with Crippen molar-refractivity contribution in [3.8, 4) is 0 Å². The van der Waals surface area contributed by atoms with Gasteiger partial charge in [-0.2, -0.15) is 0 Å². The number of rotatable bonds is 4. The molecule has 1 aliphatic heterocycles. The van der Waals surface area contributed by atoms with Crippen molar-refractivity contribution in [3.05, 3.63) is 40.6 Å². The van der Waals surface area contributed by atoms with E-state index in [4.69, 9.17) is 0 Å². The monoisotopic (exact) mass is 344 g/mol. The first-order valence-corrected chi connectivity index (χ1v) is 9.70. The number of aryl methyl sites for hydroxylation is 1. The van der Waals surface area contributed by atoms with Gasteiger partial charge in [-0.1, -0.05) is 0 Å². The molecule has 24 heavy (non-hydrogen) atoms. The van der Waals surface area contributed by atoms with Gasteiger partial charge < -0.3 is 14.8 Å². The molecule has 3 heterocycles. The lowest BCUT2D eigenvalue weighted by atomic mass is 9.99. The molecule has 0 bridgehead atoms. The molecule has 1 saturated heterocycles. The number of carbonyl (C=O) groups excluding carboxylic acids is 1. The van der Waals surface area contributed by atoms with E-state index in [2.05, 4.69) is 40.2 Å². The largest absolute Gasteiger partial charge is 0.353 e. The smallest absolute Gasteiger partial charge is 0.318 e. The first kappa shape index (κ1) is 15.7. The van der Waals surface area contributed by atoms with Gasteiger partial charge in [0.1, 0.15) is 5.01 Å². The molecule has 0 spiro atoms. The summed E-state index contributed by atoms with van der Waals surface area (Å²) in [6.07, 6.45) is 9.56. The highest BCUT2D eigenvalue weighted by Gasteiger charge is 2.37. The Morgan fingerprint density at radius 1 is 1.38 bits per heavy atom. The Kier molecular flexibility index (Phi) is 4.31. The zero-order valence-corrected chi connectivity index (χ0v) is 14.8. The third-order valence-corrected chi connectivity index (χ3v) is 6.04. The number of carbonyl (C=O) groups is 1. The van der Waals surface area contributed by atoms with Crippen molar-refractivity contribution < 1.29 is 4.79 Å². The van der Waals surface area contributed by atoms with Gasteiger partial charge in [0.05, 0.1) is 12.1 Å². The normalized spacial score (nSPS) is 22.4. The molecular weight excluding hydrogens is 320 g/mol. The molecule has 5 nitrogen and oxygen atoms in total. The Morgan fingerprint density at radius 2 is 2.25 bits per heavy atom. The first-order chi connectivity index (χ1) is 11.7. The lowest BCUT2D eigenvalue weighted by molar-refractivity contribution is 0.144. The van der Waals surface area contributed by atoms with Gasteiger partial charge in [-0.3, -0.25) is 0 Å². The van der Waals surface area contributed by atoms with Crippen molar-refractivity contribution in [1.82, 2.24) is 19.8 Å². The molecule has 0 unspecified atom stereocenters. The molecule has 0 aromatic carbocycles. The Hall–Kier alpha value is -1.82. The number of likely N-dealkylation sites (tertiary alicyclic amines) is 1. The van der Waals surface area contributed by atoms with E-state index in [-0.39, 0.29) is 18.1 Å². The molecule has 0 radical (unpaired) electrons. The van der Waals surface area contributed by atoms with Crippen LogP contribution in [0.3, 0.4) is 0 Å². The number of thiazole rings is 1. The summed E-state index contributed by atoms with van der Waals surface area (Å²) in [7, 11) is 2.06. The highest BCUT2D eigenvalue weighted by atomic mass is 32.1. The van der Waals surface area contributed by atoms with Gasteiger partial charge in [-0.25, -0.2) is 9.78 Å². The molecule has 1 N–H and O–H groups in total. The highest BCUT2D eigenvalue weighted by Crippen LogP contribution is 2.42. The van der Waals surface area contributed by atoms with E-state index in [1.54, 1.807) is 11.3 Å². The summed E-state index contributed by atoms with van der Waals surface area (Å²) in [5.41, 5.74) is 1.22. The number of nitrogens with one attached hydrogen (secondary N) is 1. The minimum Gasteiger partial charge on any atom is -0.353 e. The summed E-state index contributed by atoms with van der Waals surface area (Å²) in [5, 5.41) is 6.32. The van der Waals surface area contributed by atoms with Crippen LogP contribution < -0.4 is 5.32 Å². The van der Waals surface area contributed by atoms with E-state index in [1.807, 2.05) is 16.5 Å². The molecule has 6 heteroatoms. The van der Waals surface area contributed by atoms with Crippen molar-refractivity contribution >= 4 is 17.4 Å². The van der Waals surface area contributed by atoms with Crippen LogP contribution in [0, 0.1) is 5.92 Å². The fourth-order valence-corrected chi connectivity index (χ4v) is 4.50. The summed E-state index contributed by atoms with van der Waals surface area (Å²) >= 11 is 1.64. The van der Waals surface area contributed by atoms with E-state index in [0.29, 0.717) is 5.92 Å². The molecule has 2 amide bonds. The van der Waals surface area contributed by atoms with Crippen LogP contribution in [0.4, 0.5) is 4.79 Å². The van der Waals surface area contributed by atoms with Gasteiger partial charge in [0, 0.05) is 37.1 Å². The van der Waals surface area contributed by atoms with E-state index in [0.717, 1.165) is 24.4 Å². The Balaban J connectivity index is 1.52. The van der Waals surface area contributed by atoms with Crippen LogP contribution in [0.15, 0.2) is 29.9 Å². The molecule has 128 valence electrons. The van der Waals surface area contributed by atoms with Crippen molar-refractivity contribution in [2.45, 2.75) is 44.2 Å². The number of urea groups is 1. The fraction of sp³-hybridized carbons (Fsp3) is 0.556. The lowest BCUT2D eigenvalue weighted by Crippen LogP contribution is -2.46.